The Morgan fingerprint density at radius 2 is 1.80 bits per heavy atom. The van der Waals surface area contributed by atoms with E-state index in [1.807, 2.05) is 55.5 Å². The lowest BCUT2D eigenvalue weighted by Crippen LogP contribution is -2.23. The van der Waals surface area contributed by atoms with Gasteiger partial charge in [-0.25, -0.2) is 0 Å². The first-order valence-electron chi connectivity index (χ1n) is 6.61. The van der Waals surface area contributed by atoms with Gasteiger partial charge in [0.25, 0.3) is 5.91 Å². The SMILES string of the molecule is COCc1ccc(C(=O)NCc2ccccc2C)cc1. The molecule has 3 heteroatoms. The Balaban J connectivity index is 1.96. The number of benzene rings is 2. The maximum atomic E-state index is 12.1. The highest BCUT2D eigenvalue weighted by molar-refractivity contribution is 5.94. The summed E-state index contributed by atoms with van der Waals surface area (Å²) >= 11 is 0. The van der Waals surface area contributed by atoms with Crippen molar-refractivity contribution in [3.63, 3.8) is 0 Å². The largest absolute Gasteiger partial charge is 0.380 e. The second-order valence-electron chi connectivity index (χ2n) is 4.74. The quantitative estimate of drug-likeness (QED) is 0.906. The summed E-state index contributed by atoms with van der Waals surface area (Å²) in [4.78, 5) is 12.1. The van der Waals surface area contributed by atoms with Crippen LogP contribution in [0.4, 0.5) is 0 Å². The van der Waals surface area contributed by atoms with Gasteiger partial charge in [0, 0.05) is 19.2 Å². The highest BCUT2D eigenvalue weighted by atomic mass is 16.5. The molecule has 2 rings (SSSR count). The van der Waals surface area contributed by atoms with Crippen LogP contribution in [0.25, 0.3) is 0 Å². The van der Waals surface area contributed by atoms with Gasteiger partial charge >= 0.3 is 0 Å². The molecule has 0 saturated carbocycles. The lowest BCUT2D eigenvalue weighted by atomic mass is 10.1. The van der Waals surface area contributed by atoms with Crippen LogP contribution in [0.3, 0.4) is 0 Å². The fourth-order valence-electron chi connectivity index (χ4n) is 2.01. The van der Waals surface area contributed by atoms with Gasteiger partial charge in [-0.05, 0) is 35.7 Å². The lowest BCUT2D eigenvalue weighted by Gasteiger charge is -2.08. The second kappa shape index (κ2) is 6.87. The van der Waals surface area contributed by atoms with Crippen LogP contribution in [-0.2, 0) is 17.9 Å². The number of hydrogen-bond donors (Lipinski definition) is 1. The number of methoxy groups -OCH3 is 1. The molecule has 0 aliphatic carbocycles. The van der Waals surface area contributed by atoms with E-state index in [1.54, 1.807) is 7.11 Å². The summed E-state index contributed by atoms with van der Waals surface area (Å²) in [5, 5.41) is 2.94. The number of ether oxygens (including phenoxy) is 1. The number of hydrogen-bond acceptors (Lipinski definition) is 2. The predicted molar refractivity (Wildman–Crippen MR) is 79.5 cm³/mol. The summed E-state index contributed by atoms with van der Waals surface area (Å²) in [7, 11) is 1.66. The summed E-state index contributed by atoms with van der Waals surface area (Å²) < 4.78 is 5.05. The number of aryl methyl sites for hydroxylation is 1. The molecule has 0 unspecified atom stereocenters. The molecule has 0 fully saturated rings. The topological polar surface area (TPSA) is 38.3 Å². The summed E-state index contributed by atoms with van der Waals surface area (Å²) in [6, 6.07) is 15.5. The smallest absolute Gasteiger partial charge is 0.251 e. The minimum Gasteiger partial charge on any atom is -0.380 e. The Morgan fingerprint density at radius 1 is 1.10 bits per heavy atom. The average molecular weight is 269 g/mol. The van der Waals surface area contributed by atoms with Crippen molar-refractivity contribution in [2.45, 2.75) is 20.1 Å². The fourth-order valence-corrected chi connectivity index (χ4v) is 2.01. The molecule has 0 aromatic heterocycles. The number of carbonyl (C=O) groups excluding carboxylic acids is 1. The highest BCUT2D eigenvalue weighted by Gasteiger charge is 2.06. The molecule has 3 nitrogen and oxygen atoms in total. The normalized spacial score (nSPS) is 10.3. The molecule has 20 heavy (non-hydrogen) atoms. The van der Waals surface area contributed by atoms with Crippen molar-refractivity contribution >= 4 is 5.91 Å². The second-order valence-corrected chi connectivity index (χ2v) is 4.74. The number of amides is 1. The molecular formula is C17H19NO2. The van der Waals surface area contributed by atoms with Gasteiger partial charge in [-0.15, -0.1) is 0 Å². The Bertz CT molecular complexity index is 576. The van der Waals surface area contributed by atoms with Crippen LogP contribution in [-0.4, -0.2) is 13.0 Å². The standard InChI is InChI=1S/C17H19NO2/c1-13-5-3-4-6-16(13)11-18-17(19)15-9-7-14(8-10-15)12-20-2/h3-10H,11-12H2,1-2H3,(H,18,19). The number of carbonyl (C=O) groups is 1. The molecule has 0 bridgehead atoms. The van der Waals surface area contributed by atoms with Crippen molar-refractivity contribution in [3.8, 4) is 0 Å². The average Bonchev–Trinajstić information content (AvgIpc) is 2.47. The van der Waals surface area contributed by atoms with Crippen molar-refractivity contribution in [3.05, 3.63) is 70.8 Å². The molecule has 1 N–H and O–H groups in total. The minimum absolute atomic E-state index is 0.0581. The van der Waals surface area contributed by atoms with E-state index in [-0.39, 0.29) is 5.91 Å². The molecule has 0 aliphatic rings. The number of rotatable bonds is 5. The first-order valence-corrected chi connectivity index (χ1v) is 6.61. The van der Waals surface area contributed by atoms with E-state index in [2.05, 4.69) is 5.32 Å². The number of nitrogens with one attached hydrogen (secondary N) is 1. The van der Waals surface area contributed by atoms with E-state index in [9.17, 15) is 4.79 Å². The molecule has 2 aromatic rings. The van der Waals surface area contributed by atoms with Gasteiger partial charge in [-0.1, -0.05) is 36.4 Å². The Hall–Kier alpha value is -2.13. The van der Waals surface area contributed by atoms with Crippen LogP contribution in [0.15, 0.2) is 48.5 Å². The van der Waals surface area contributed by atoms with Crippen LogP contribution in [0.1, 0.15) is 27.0 Å². The summed E-state index contributed by atoms with van der Waals surface area (Å²) in [6.07, 6.45) is 0. The van der Waals surface area contributed by atoms with Gasteiger partial charge < -0.3 is 10.1 Å². The molecule has 0 saturated heterocycles. The van der Waals surface area contributed by atoms with Gasteiger partial charge in [0.15, 0.2) is 0 Å². The van der Waals surface area contributed by atoms with Gasteiger partial charge in [-0.3, -0.25) is 4.79 Å². The Kier molecular flexibility index (Phi) is 4.91. The Morgan fingerprint density at radius 3 is 2.45 bits per heavy atom. The third-order valence-corrected chi connectivity index (χ3v) is 3.23. The molecule has 2 aromatic carbocycles. The first kappa shape index (κ1) is 14.3. The summed E-state index contributed by atoms with van der Waals surface area (Å²) in [6.45, 7) is 3.15. The molecule has 1 amide bonds. The monoisotopic (exact) mass is 269 g/mol. The van der Waals surface area contributed by atoms with Crippen molar-refractivity contribution in [2.24, 2.45) is 0 Å². The first-order chi connectivity index (χ1) is 9.70. The van der Waals surface area contributed by atoms with Crippen LogP contribution in [0.5, 0.6) is 0 Å². The molecule has 0 atom stereocenters. The molecule has 0 spiro atoms. The molecule has 0 heterocycles. The highest BCUT2D eigenvalue weighted by Crippen LogP contribution is 2.08. The van der Waals surface area contributed by atoms with E-state index in [4.69, 9.17) is 4.74 Å². The van der Waals surface area contributed by atoms with Crippen molar-refractivity contribution in [1.82, 2.24) is 5.32 Å². The van der Waals surface area contributed by atoms with E-state index < -0.39 is 0 Å². The molecule has 0 aliphatic heterocycles. The van der Waals surface area contributed by atoms with Crippen LogP contribution < -0.4 is 5.32 Å². The fraction of sp³-hybridized carbons (Fsp3) is 0.235. The zero-order valence-electron chi connectivity index (χ0n) is 11.8. The maximum Gasteiger partial charge on any atom is 0.251 e. The van der Waals surface area contributed by atoms with Gasteiger partial charge in [0.2, 0.25) is 0 Å². The summed E-state index contributed by atoms with van der Waals surface area (Å²) in [5.41, 5.74) is 4.04. The van der Waals surface area contributed by atoms with Crippen LogP contribution >= 0.6 is 0 Å². The van der Waals surface area contributed by atoms with Crippen molar-refractivity contribution in [2.75, 3.05) is 7.11 Å². The van der Waals surface area contributed by atoms with Crippen molar-refractivity contribution < 1.29 is 9.53 Å². The van der Waals surface area contributed by atoms with Gasteiger partial charge in [0.05, 0.1) is 6.61 Å². The van der Waals surface area contributed by atoms with Gasteiger partial charge in [-0.2, -0.15) is 0 Å². The zero-order valence-corrected chi connectivity index (χ0v) is 11.8. The third-order valence-electron chi connectivity index (χ3n) is 3.23. The maximum absolute atomic E-state index is 12.1. The Labute approximate surface area is 119 Å². The predicted octanol–water partition coefficient (Wildman–Crippen LogP) is 3.07. The third kappa shape index (κ3) is 3.68. The van der Waals surface area contributed by atoms with Crippen LogP contribution in [0, 0.1) is 6.92 Å². The molecular weight excluding hydrogens is 250 g/mol. The van der Waals surface area contributed by atoms with E-state index >= 15 is 0 Å². The minimum atomic E-state index is -0.0581. The van der Waals surface area contributed by atoms with Crippen molar-refractivity contribution in [1.29, 1.82) is 0 Å². The van der Waals surface area contributed by atoms with E-state index in [0.717, 1.165) is 11.1 Å². The van der Waals surface area contributed by atoms with E-state index in [0.29, 0.717) is 18.7 Å². The van der Waals surface area contributed by atoms with E-state index in [1.165, 1.54) is 5.56 Å². The molecule has 104 valence electrons. The lowest BCUT2D eigenvalue weighted by molar-refractivity contribution is 0.0951. The van der Waals surface area contributed by atoms with Gasteiger partial charge in [0.1, 0.15) is 0 Å². The summed E-state index contributed by atoms with van der Waals surface area (Å²) in [5.74, 6) is -0.0581. The van der Waals surface area contributed by atoms with Crippen LogP contribution in [0.2, 0.25) is 0 Å². The molecule has 0 radical (unpaired) electrons. The zero-order chi connectivity index (χ0) is 14.4.